The van der Waals surface area contributed by atoms with Crippen LogP contribution in [0.25, 0.3) is 11.0 Å². The average molecular weight is 325 g/mol. The number of aryl methyl sites for hydroxylation is 2. The first-order chi connectivity index (χ1) is 10.1. The molecule has 5 heteroatoms. The summed E-state index contributed by atoms with van der Waals surface area (Å²) in [6, 6.07) is 4.11. The highest BCUT2D eigenvalue weighted by atomic mass is 35.5. The van der Waals surface area contributed by atoms with Gasteiger partial charge in [0.15, 0.2) is 0 Å². The first-order valence-electron chi connectivity index (χ1n) is 7.57. The third-order valence-electron chi connectivity index (χ3n) is 3.74. The minimum Gasteiger partial charge on any atom is -0.464 e. The highest BCUT2D eigenvalue weighted by molar-refractivity contribution is 5.89. The van der Waals surface area contributed by atoms with Crippen LogP contribution in [0, 0.1) is 13.8 Å². The lowest BCUT2D eigenvalue weighted by atomic mass is 10.0. The number of halogens is 1. The Balaban J connectivity index is 0.00000242. The van der Waals surface area contributed by atoms with Gasteiger partial charge in [-0.15, -0.1) is 12.4 Å². The predicted molar refractivity (Wildman–Crippen MR) is 92.8 cm³/mol. The first kappa shape index (κ1) is 18.5. The number of fused-ring (bicyclic) bond motifs is 1. The summed E-state index contributed by atoms with van der Waals surface area (Å²) in [5.74, 6) is 0.0363. The zero-order valence-corrected chi connectivity index (χ0v) is 14.3. The van der Waals surface area contributed by atoms with E-state index < -0.39 is 0 Å². The molecule has 0 atom stereocenters. The molecule has 0 unspecified atom stereocenters. The predicted octanol–water partition coefficient (Wildman–Crippen LogP) is 3.13. The summed E-state index contributed by atoms with van der Waals surface area (Å²) >= 11 is 0. The van der Waals surface area contributed by atoms with Crippen LogP contribution in [-0.2, 0) is 11.2 Å². The molecule has 1 aromatic heterocycles. The fourth-order valence-corrected chi connectivity index (χ4v) is 2.35. The van der Waals surface area contributed by atoms with Gasteiger partial charge in [-0.2, -0.15) is 0 Å². The molecule has 0 fully saturated rings. The third kappa shape index (κ3) is 4.49. The van der Waals surface area contributed by atoms with Gasteiger partial charge < -0.3 is 15.1 Å². The Morgan fingerprint density at radius 1 is 1.18 bits per heavy atom. The van der Waals surface area contributed by atoms with E-state index in [9.17, 15) is 4.79 Å². The van der Waals surface area contributed by atoms with Crippen LogP contribution in [0.1, 0.15) is 30.0 Å². The van der Waals surface area contributed by atoms with Crippen LogP contribution < -0.4 is 10.6 Å². The number of carbonyl (C=O) groups is 1. The molecule has 0 aliphatic heterocycles. The molecular formula is C17H25ClN2O2. The van der Waals surface area contributed by atoms with Gasteiger partial charge >= 0.3 is 0 Å². The molecule has 1 aromatic carbocycles. The lowest BCUT2D eigenvalue weighted by Gasteiger charge is -2.05. The molecule has 0 aliphatic rings. The summed E-state index contributed by atoms with van der Waals surface area (Å²) in [7, 11) is 0. The number of carbonyl (C=O) groups excluding carboxylic acids is 1. The van der Waals surface area contributed by atoms with Crippen molar-refractivity contribution in [1.29, 1.82) is 0 Å². The van der Waals surface area contributed by atoms with Crippen LogP contribution in [0.5, 0.6) is 0 Å². The van der Waals surface area contributed by atoms with Gasteiger partial charge in [-0.3, -0.25) is 4.79 Å². The lowest BCUT2D eigenvalue weighted by molar-refractivity contribution is -0.120. The molecule has 22 heavy (non-hydrogen) atoms. The molecule has 4 nitrogen and oxygen atoms in total. The van der Waals surface area contributed by atoms with E-state index in [2.05, 4.69) is 30.5 Å². The zero-order chi connectivity index (χ0) is 15.2. The van der Waals surface area contributed by atoms with E-state index >= 15 is 0 Å². The highest BCUT2D eigenvalue weighted by Crippen LogP contribution is 2.26. The Bertz CT molecular complexity index is 622. The van der Waals surface area contributed by atoms with Gasteiger partial charge in [-0.05, 0) is 37.9 Å². The van der Waals surface area contributed by atoms with Gasteiger partial charge in [0.1, 0.15) is 5.58 Å². The molecule has 0 spiro atoms. The van der Waals surface area contributed by atoms with Gasteiger partial charge in [0.2, 0.25) is 5.91 Å². The fourth-order valence-electron chi connectivity index (χ4n) is 2.35. The van der Waals surface area contributed by atoms with Crippen molar-refractivity contribution < 1.29 is 9.21 Å². The van der Waals surface area contributed by atoms with E-state index in [1.807, 2.05) is 13.0 Å². The minimum atomic E-state index is 0. The van der Waals surface area contributed by atoms with Crippen LogP contribution in [-0.4, -0.2) is 25.5 Å². The van der Waals surface area contributed by atoms with Crippen molar-refractivity contribution in [3.05, 3.63) is 35.1 Å². The van der Waals surface area contributed by atoms with E-state index in [-0.39, 0.29) is 18.3 Å². The number of hydrogen-bond acceptors (Lipinski definition) is 3. The summed E-state index contributed by atoms with van der Waals surface area (Å²) in [6.45, 7) is 8.69. The number of nitrogens with one attached hydrogen (secondary N) is 2. The maximum Gasteiger partial charge on any atom is 0.224 e. The Kier molecular flexibility index (Phi) is 7.42. The van der Waals surface area contributed by atoms with Crippen molar-refractivity contribution in [2.45, 2.75) is 33.6 Å². The second kappa shape index (κ2) is 8.81. The Morgan fingerprint density at radius 3 is 2.68 bits per heavy atom. The maximum atomic E-state index is 12.0. The second-order valence-corrected chi connectivity index (χ2v) is 5.42. The molecule has 2 N–H and O–H groups in total. The van der Waals surface area contributed by atoms with Crippen LogP contribution in [0.4, 0.5) is 0 Å². The highest BCUT2D eigenvalue weighted by Gasteiger charge is 2.12. The van der Waals surface area contributed by atoms with E-state index in [1.165, 1.54) is 5.56 Å². The largest absolute Gasteiger partial charge is 0.464 e. The topological polar surface area (TPSA) is 54.3 Å². The molecule has 2 rings (SSSR count). The smallest absolute Gasteiger partial charge is 0.224 e. The van der Waals surface area contributed by atoms with Crippen molar-refractivity contribution in [3.8, 4) is 0 Å². The number of hydrogen-bond donors (Lipinski definition) is 2. The van der Waals surface area contributed by atoms with E-state index in [0.29, 0.717) is 13.0 Å². The number of furan rings is 1. The standard InChI is InChI=1S/C17H24N2O2.ClH/c1-4-7-18-8-9-19-16(20)10-14-11-21-17-13(3)12(2)5-6-15(14)17;/h5-6,11,18H,4,7-10H2,1-3H3,(H,19,20);1H. The van der Waals surface area contributed by atoms with Crippen molar-refractivity contribution in [3.63, 3.8) is 0 Å². The SMILES string of the molecule is CCCNCCNC(=O)Cc1coc2c(C)c(C)ccc12.Cl. The zero-order valence-electron chi connectivity index (χ0n) is 13.5. The molecule has 0 saturated heterocycles. The Hall–Kier alpha value is -1.52. The van der Waals surface area contributed by atoms with Crippen molar-refractivity contribution in [1.82, 2.24) is 10.6 Å². The fraction of sp³-hybridized carbons (Fsp3) is 0.471. The molecule has 0 radical (unpaired) electrons. The van der Waals surface area contributed by atoms with Crippen molar-refractivity contribution >= 4 is 29.3 Å². The van der Waals surface area contributed by atoms with E-state index in [1.54, 1.807) is 6.26 Å². The molecule has 0 bridgehead atoms. The molecule has 0 aliphatic carbocycles. The number of benzene rings is 1. The minimum absolute atomic E-state index is 0. The van der Waals surface area contributed by atoms with Gasteiger partial charge in [-0.1, -0.05) is 19.1 Å². The van der Waals surface area contributed by atoms with Crippen LogP contribution in [0.15, 0.2) is 22.8 Å². The van der Waals surface area contributed by atoms with Crippen LogP contribution in [0.2, 0.25) is 0 Å². The summed E-state index contributed by atoms with van der Waals surface area (Å²) in [5, 5.41) is 7.23. The van der Waals surface area contributed by atoms with Crippen molar-refractivity contribution in [2.75, 3.05) is 19.6 Å². The number of amides is 1. The monoisotopic (exact) mass is 324 g/mol. The molecule has 0 saturated carbocycles. The second-order valence-electron chi connectivity index (χ2n) is 5.42. The van der Waals surface area contributed by atoms with Gasteiger partial charge in [0.05, 0.1) is 12.7 Å². The number of rotatable bonds is 7. The van der Waals surface area contributed by atoms with Crippen molar-refractivity contribution in [2.24, 2.45) is 0 Å². The Morgan fingerprint density at radius 2 is 1.95 bits per heavy atom. The molecule has 1 amide bonds. The summed E-state index contributed by atoms with van der Waals surface area (Å²) in [4.78, 5) is 12.0. The normalized spacial score (nSPS) is 10.5. The van der Waals surface area contributed by atoms with Crippen LogP contribution in [0.3, 0.4) is 0 Å². The van der Waals surface area contributed by atoms with Gasteiger partial charge in [0.25, 0.3) is 0 Å². The maximum absolute atomic E-state index is 12.0. The Labute approximate surface area is 138 Å². The summed E-state index contributed by atoms with van der Waals surface area (Å²) in [6.07, 6.45) is 3.17. The van der Waals surface area contributed by atoms with E-state index in [4.69, 9.17) is 4.42 Å². The lowest BCUT2D eigenvalue weighted by Crippen LogP contribution is -2.32. The van der Waals surface area contributed by atoms with Gasteiger partial charge in [-0.25, -0.2) is 0 Å². The molecule has 1 heterocycles. The first-order valence-corrected chi connectivity index (χ1v) is 7.57. The quantitative estimate of drug-likeness (QED) is 0.769. The van der Waals surface area contributed by atoms with E-state index in [0.717, 1.165) is 41.6 Å². The average Bonchev–Trinajstić information content (AvgIpc) is 2.86. The molecular weight excluding hydrogens is 300 g/mol. The third-order valence-corrected chi connectivity index (χ3v) is 3.74. The molecule has 122 valence electrons. The van der Waals surface area contributed by atoms with Gasteiger partial charge in [0, 0.05) is 24.0 Å². The van der Waals surface area contributed by atoms with Crippen LogP contribution >= 0.6 is 12.4 Å². The summed E-state index contributed by atoms with van der Waals surface area (Å²) < 4.78 is 5.63. The summed E-state index contributed by atoms with van der Waals surface area (Å²) in [5.41, 5.74) is 4.19. The molecule has 2 aromatic rings.